The van der Waals surface area contributed by atoms with Gasteiger partial charge in [-0.05, 0) is 6.07 Å². The van der Waals surface area contributed by atoms with Gasteiger partial charge in [-0.3, -0.25) is 0 Å². The Balaban J connectivity index is 3.15. The first-order chi connectivity index (χ1) is 6.88. The molecule has 15 heavy (non-hydrogen) atoms. The molecule has 0 aliphatic carbocycles. The molecule has 0 aliphatic heterocycles. The Hall–Kier alpha value is -1.30. The highest BCUT2D eigenvalue weighted by Gasteiger charge is 2.31. The van der Waals surface area contributed by atoms with Crippen LogP contribution in [0.3, 0.4) is 0 Å². The average molecular weight is 214 g/mol. The molecular weight excluding hydrogens is 200 g/mol. The number of phenolic OH excluding ortho intramolecular Hbond substituents is 1. The number of methoxy groups -OCH3 is 1. The zero-order chi connectivity index (χ0) is 11.6. The van der Waals surface area contributed by atoms with Gasteiger partial charge in [-0.1, -0.05) is 19.1 Å². The molecule has 1 unspecified atom stereocenters. The highest BCUT2D eigenvalue weighted by Crippen LogP contribution is 2.37. The van der Waals surface area contributed by atoms with Gasteiger partial charge in [0, 0.05) is 5.56 Å². The Morgan fingerprint density at radius 2 is 1.87 bits per heavy atom. The first kappa shape index (κ1) is 11.8. The maximum atomic E-state index is 9.66. The standard InChI is InChI=1S/C10H14O5/c1-6(10(12,13)14)7-4-3-5-8(15-2)9(7)11/h3-6,11-14H,1-2H3. The summed E-state index contributed by atoms with van der Waals surface area (Å²) in [6.07, 6.45) is 0. The van der Waals surface area contributed by atoms with E-state index >= 15 is 0 Å². The molecule has 1 aromatic carbocycles. The Kier molecular flexibility index (Phi) is 3.18. The predicted octanol–water partition coefficient (Wildman–Crippen LogP) is 0.135. The molecule has 84 valence electrons. The van der Waals surface area contributed by atoms with E-state index in [1.54, 1.807) is 6.07 Å². The Labute approximate surface area is 87.2 Å². The van der Waals surface area contributed by atoms with Crippen LogP contribution < -0.4 is 4.74 Å². The fraction of sp³-hybridized carbons (Fsp3) is 0.400. The van der Waals surface area contributed by atoms with Crippen LogP contribution in [0, 0.1) is 0 Å². The molecule has 0 radical (unpaired) electrons. The zero-order valence-electron chi connectivity index (χ0n) is 8.51. The third-order valence-corrected chi connectivity index (χ3v) is 2.30. The van der Waals surface area contributed by atoms with Gasteiger partial charge in [-0.2, -0.15) is 0 Å². The Bertz CT molecular complexity index is 342. The summed E-state index contributed by atoms with van der Waals surface area (Å²) in [6, 6.07) is 4.58. The molecule has 0 aliphatic rings. The molecule has 1 atom stereocenters. The summed E-state index contributed by atoms with van der Waals surface area (Å²) in [7, 11) is 1.38. The van der Waals surface area contributed by atoms with Crippen LogP contribution in [0.5, 0.6) is 11.5 Å². The van der Waals surface area contributed by atoms with Gasteiger partial charge >= 0.3 is 0 Å². The van der Waals surface area contributed by atoms with Crippen molar-refractivity contribution in [3.05, 3.63) is 23.8 Å². The summed E-state index contributed by atoms with van der Waals surface area (Å²) < 4.78 is 4.85. The number of rotatable bonds is 3. The summed E-state index contributed by atoms with van der Waals surface area (Å²) in [4.78, 5) is 0. The van der Waals surface area contributed by atoms with Crippen molar-refractivity contribution in [3.63, 3.8) is 0 Å². The minimum Gasteiger partial charge on any atom is -0.504 e. The largest absolute Gasteiger partial charge is 0.504 e. The molecular formula is C10H14O5. The normalized spacial score (nSPS) is 13.7. The highest BCUT2D eigenvalue weighted by molar-refractivity contribution is 5.47. The lowest BCUT2D eigenvalue weighted by molar-refractivity contribution is -0.323. The van der Waals surface area contributed by atoms with Gasteiger partial charge in [0.25, 0.3) is 5.97 Å². The van der Waals surface area contributed by atoms with Crippen molar-refractivity contribution in [1.29, 1.82) is 0 Å². The number of ether oxygens (including phenoxy) is 1. The molecule has 0 spiro atoms. The molecule has 0 bridgehead atoms. The molecule has 5 nitrogen and oxygen atoms in total. The predicted molar refractivity (Wildman–Crippen MR) is 52.5 cm³/mol. The molecule has 0 heterocycles. The maximum Gasteiger partial charge on any atom is 0.282 e. The van der Waals surface area contributed by atoms with Crippen LogP contribution in [-0.2, 0) is 0 Å². The lowest BCUT2D eigenvalue weighted by Crippen LogP contribution is -2.33. The first-order valence-electron chi connectivity index (χ1n) is 4.41. The smallest absolute Gasteiger partial charge is 0.282 e. The lowest BCUT2D eigenvalue weighted by atomic mass is 9.97. The minimum absolute atomic E-state index is 0.196. The van der Waals surface area contributed by atoms with Crippen LogP contribution >= 0.6 is 0 Å². The monoisotopic (exact) mass is 214 g/mol. The van der Waals surface area contributed by atoms with Gasteiger partial charge in [0.1, 0.15) is 0 Å². The van der Waals surface area contributed by atoms with Gasteiger partial charge < -0.3 is 25.2 Å². The van der Waals surface area contributed by atoms with E-state index in [-0.39, 0.29) is 17.1 Å². The van der Waals surface area contributed by atoms with Crippen LogP contribution in [-0.4, -0.2) is 33.5 Å². The van der Waals surface area contributed by atoms with Crippen molar-refractivity contribution in [2.24, 2.45) is 0 Å². The molecule has 5 heteroatoms. The maximum absolute atomic E-state index is 9.66. The first-order valence-corrected chi connectivity index (χ1v) is 4.41. The molecule has 0 aromatic heterocycles. The highest BCUT2D eigenvalue weighted by atomic mass is 16.7. The van der Waals surface area contributed by atoms with E-state index in [4.69, 9.17) is 20.1 Å². The topological polar surface area (TPSA) is 90.2 Å². The zero-order valence-corrected chi connectivity index (χ0v) is 8.51. The number of benzene rings is 1. The van der Waals surface area contributed by atoms with E-state index in [9.17, 15) is 5.11 Å². The van der Waals surface area contributed by atoms with Gasteiger partial charge in [-0.15, -0.1) is 0 Å². The van der Waals surface area contributed by atoms with Crippen molar-refractivity contribution in [2.75, 3.05) is 7.11 Å². The second kappa shape index (κ2) is 4.06. The van der Waals surface area contributed by atoms with Gasteiger partial charge in [-0.25, -0.2) is 0 Å². The van der Waals surface area contributed by atoms with E-state index < -0.39 is 11.9 Å². The van der Waals surface area contributed by atoms with E-state index in [1.165, 1.54) is 26.2 Å². The van der Waals surface area contributed by atoms with Crippen molar-refractivity contribution < 1.29 is 25.2 Å². The second-order valence-corrected chi connectivity index (χ2v) is 3.31. The van der Waals surface area contributed by atoms with E-state index in [1.807, 2.05) is 0 Å². The minimum atomic E-state index is -2.87. The number of para-hydroxylation sites is 1. The Morgan fingerprint density at radius 1 is 1.27 bits per heavy atom. The van der Waals surface area contributed by atoms with Crippen LogP contribution in [0.25, 0.3) is 0 Å². The van der Waals surface area contributed by atoms with Crippen LogP contribution in [0.1, 0.15) is 18.4 Å². The molecule has 1 aromatic rings. The number of aliphatic hydroxyl groups is 3. The molecule has 0 saturated heterocycles. The van der Waals surface area contributed by atoms with Crippen LogP contribution in [0.2, 0.25) is 0 Å². The molecule has 0 amide bonds. The lowest BCUT2D eigenvalue weighted by Gasteiger charge is -2.23. The second-order valence-electron chi connectivity index (χ2n) is 3.31. The van der Waals surface area contributed by atoms with Crippen molar-refractivity contribution in [3.8, 4) is 11.5 Å². The number of hydrogen-bond donors (Lipinski definition) is 4. The Morgan fingerprint density at radius 3 is 2.33 bits per heavy atom. The van der Waals surface area contributed by atoms with Gasteiger partial charge in [0.05, 0.1) is 13.0 Å². The SMILES string of the molecule is COc1cccc(C(C)C(O)(O)O)c1O. The van der Waals surface area contributed by atoms with E-state index in [0.29, 0.717) is 0 Å². The van der Waals surface area contributed by atoms with E-state index in [2.05, 4.69) is 0 Å². The number of phenols is 1. The van der Waals surface area contributed by atoms with Crippen molar-refractivity contribution in [2.45, 2.75) is 18.8 Å². The quantitative estimate of drug-likeness (QED) is 0.537. The molecule has 0 fully saturated rings. The fourth-order valence-corrected chi connectivity index (χ4v) is 1.26. The molecule has 0 saturated carbocycles. The third-order valence-electron chi connectivity index (χ3n) is 2.30. The third kappa shape index (κ3) is 2.38. The summed E-state index contributed by atoms with van der Waals surface area (Å²) >= 11 is 0. The number of hydrogen-bond acceptors (Lipinski definition) is 5. The fourth-order valence-electron chi connectivity index (χ4n) is 1.26. The molecule has 4 N–H and O–H groups in total. The van der Waals surface area contributed by atoms with Crippen molar-refractivity contribution in [1.82, 2.24) is 0 Å². The van der Waals surface area contributed by atoms with Gasteiger partial charge in [0.15, 0.2) is 11.5 Å². The van der Waals surface area contributed by atoms with Gasteiger partial charge in [0.2, 0.25) is 0 Å². The average Bonchev–Trinajstić information content (AvgIpc) is 2.16. The summed E-state index contributed by atoms with van der Waals surface area (Å²) in [5.74, 6) is -3.92. The molecule has 1 rings (SSSR count). The van der Waals surface area contributed by atoms with Crippen LogP contribution in [0.15, 0.2) is 18.2 Å². The summed E-state index contributed by atoms with van der Waals surface area (Å²) in [5, 5.41) is 36.6. The van der Waals surface area contributed by atoms with E-state index in [0.717, 1.165) is 0 Å². The summed E-state index contributed by atoms with van der Waals surface area (Å²) in [5.41, 5.74) is 0.196. The number of aromatic hydroxyl groups is 1. The summed E-state index contributed by atoms with van der Waals surface area (Å²) in [6.45, 7) is 1.37. The van der Waals surface area contributed by atoms with Crippen molar-refractivity contribution >= 4 is 0 Å². The van der Waals surface area contributed by atoms with Crippen LogP contribution in [0.4, 0.5) is 0 Å².